The van der Waals surface area contributed by atoms with Crippen LogP contribution < -0.4 is 5.73 Å². The van der Waals surface area contributed by atoms with Crippen LogP contribution in [0.5, 0.6) is 0 Å². The van der Waals surface area contributed by atoms with E-state index < -0.39 is 0 Å². The average molecular weight is 154 g/mol. The Kier molecular flexibility index (Phi) is 2.54. The molecule has 0 bridgehead atoms. The van der Waals surface area contributed by atoms with Gasteiger partial charge in [-0.05, 0) is 12.1 Å². The van der Waals surface area contributed by atoms with E-state index in [2.05, 4.69) is 4.98 Å². The minimum atomic E-state index is -0.307. The third-order valence-electron chi connectivity index (χ3n) is 1.61. The van der Waals surface area contributed by atoms with Crippen molar-refractivity contribution in [3.63, 3.8) is 0 Å². The van der Waals surface area contributed by atoms with Gasteiger partial charge in [0.05, 0.1) is 6.20 Å². The summed E-state index contributed by atoms with van der Waals surface area (Å²) in [5, 5.41) is 0. The summed E-state index contributed by atoms with van der Waals surface area (Å²) >= 11 is 0. The lowest BCUT2D eigenvalue weighted by Gasteiger charge is -2.05. The van der Waals surface area contributed by atoms with Gasteiger partial charge >= 0.3 is 0 Å². The lowest BCUT2D eigenvalue weighted by molar-refractivity contribution is 0.615. The fourth-order valence-electron chi connectivity index (χ4n) is 0.800. The van der Waals surface area contributed by atoms with E-state index in [-0.39, 0.29) is 11.7 Å². The number of rotatable bonds is 2. The van der Waals surface area contributed by atoms with Crippen LogP contribution in [0.2, 0.25) is 0 Å². The Morgan fingerprint density at radius 3 is 2.82 bits per heavy atom. The van der Waals surface area contributed by atoms with E-state index in [1.807, 2.05) is 6.92 Å². The van der Waals surface area contributed by atoms with Crippen LogP contribution in [0.4, 0.5) is 4.39 Å². The lowest BCUT2D eigenvalue weighted by atomic mass is 10.1. The van der Waals surface area contributed by atoms with Gasteiger partial charge in [-0.3, -0.25) is 4.98 Å². The molecule has 1 aromatic heterocycles. The fourth-order valence-corrected chi connectivity index (χ4v) is 0.800. The largest absolute Gasteiger partial charge is 0.330 e. The van der Waals surface area contributed by atoms with Gasteiger partial charge in [-0.25, -0.2) is 4.39 Å². The zero-order valence-electron chi connectivity index (χ0n) is 6.42. The Hall–Kier alpha value is -0.960. The molecule has 0 spiro atoms. The first-order valence-electron chi connectivity index (χ1n) is 3.55. The highest BCUT2D eigenvalue weighted by Crippen LogP contribution is 2.09. The second kappa shape index (κ2) is 3.44. The number of hydrogen-bond acceptors (Lipinski definition) is 2. The molecule has 1 rings (SSSR count). The number of nitrogens with two attached hydrogens (primary N) is 1. The maximum atomic E-state index is 12.4. The van der Waals surface area contributed by atoms with E-state index in [1.54, 1.807) is 6.07 Å². The summed E-state index contributed by atoms with van der Waals surface area (Å²) < 4.78 is 12.4. The van der Waals surface area contributed by atoms with E-state index in [9.17, 15) is 4.39 Å². The van der Waals surface area contributed by atoms with Crippen LogP contribution in [0.15, 0.2) is 18.3 Å². The van der Waals surface area contributed by atoms with Gasteiger partial charge in [0, 0.05) is 18.2 Å². The second-order valence-electron chi connectivity index (χ2n) is 2.54. The molecule has 0 aromatic carbocycles. The smallest absolute Gasteiger partial charge is 0.141 e. The molecule has 0 fully saturated rings. The number of halogens is 1. The van der Waals surface area contributed by atoms with Crippen molar-refractivity contribution in [1.82, 2.24) is 4.98 Å². The summed E-state index contributed by atoms with van der Waals surface area (Å²) in [6, 6.07) is 3.06. The van der Waals surface area contributed by atoms with Crippen LogP contribution in [0.3, 0.4) is 0 Å². The molecule has 2 nitrogen and oxygen atoms in total. The molecule has 1 heterocycles. The number of pyridine rings is 1. The molecular weight excluding hydrogens is 143 g/mol. The molecule has 2 N–H and O–H groups in total. The van der Waals surface area contributed by atoms with E-state index >= 15 is 0 Å². The summed E-state index contributed by atoms with van der Waals surface area (Å²) in [6.45, 7) is 2.50. The highest BCUT2D eigenvalue weighted by Gasteiger charge is 2.03. The SMILES string of the molecule is C[C@H](CN)c1ccc(F)cn1. The van der Waals surface area contributed by atoms with Crippen LogP contribution in [0.1, 0.15) is 18.5 Å². The van der Waals surface area contributed by atoms with E-state index in [1.165, 1.54) is 12.3 Å². The molecule has 0 radical (unpaired) electrons. The third-order valence-corrected chi connectivity index (χ3v) is 1.61. The molecule has 0 saturated heterocycles. The molecule has 1 aromatic rings. The molecule has 0 amide bonds. The minimum absolute atomic E-state index is 0.204. The predicted molar refractivity (Wildman–Crippen MR) is 41.7 cm³/mol. The number of nitrogens with zero attached hydrogens (tertiary/aromatic N) is 1. The molecule has 0 unspecified atom stereocenters. The van der Waals surface area contributed by atoms with Gasteiger partial charge in [0.25, 0.3) is 0 Å². The Morgan fingerprint density at radius 2 is 2.36 bits per heavy atom. The summed E-state index contributed by atoms with van der Waals surface area (Å²) in [5.74, 6) is -0.103. The Balaban J connectivity index is 2.81. The monoisotopic (exact) mass is 154 g/mol. The van der Waals surface area contributed by atoms with Crippen LogP contribution in [-0.2, 0) is 0 Å². The molecule has 60 valence electrons. The van der Waals surface area contributed by atoms with Gasteiger partial charge < -0.3 is 5.73 Å². The molecule has 0 aliphatic carbocycles. The summed E-state index contributed by atoms with van der Waals surface area (Å²) in [5.41, 5.74) is 6.25. The lowest BCUT2D eigenvalue weighted by Crippen LogP contribution is -2.10. The van der Waals surface area contributed by atoms with Crippen molar-refractivity contribution in [2.45, 2.75) is 12.8 Å². The van der Waals surface area contributed by atoms with Gasteiger partial charge in [-0.15, -0.1) is 0 Å². The summed E-state index contributed by atoms with van der Waals surface area (Å²) in [7, 11) is 0. The van der Waals surface area contributed by atoms with E-state index in [0.717, 1.165) is 5.69 Å². The van der Waals surface area contributed by atoms with Crippen molar-refractivity contribution in [1.29, 1.82) is 0 Å². The van der Waals surface area contributed by atoms with Gasteiger partial charge in [0.2, 0.25) is 0 Å². The van der Waals surface area contributed by atoms with Crippen molar-refractivity contribution in [3.8, 4) is 0 Å². The highest BCUT2D eigenvalue weighted by atomic mass is 19.1. The van der Waals surface area contributed by atoms with Gasteiger partial charge in [0.15, 0.2) is 0 Å². The van der Waals surface area contributed by atoms with Crippen molar-refractivity contribution >= 4 is 0 Å². The summed E-state index contributed by atoms with van der Waals surface area (Å²) in [4.78, 5) is 3.89. The number of aromatic nitrogens is 1. The Morgan fingerprint density at radius 1 is 1.64 bits per heavy atom. The topological polar surface area (TPSA) is 38.9 Å². The zero-order chi connectivity index (χ0) is 8.27. The predicted octanol–water partition coefficient (Wildman–Crippen LogP) is 1.28. The van der Waals surface area contributed by atoms with Crippen molar-refractivity contribution in [2.75, 3.05) is 6.54 Å². The van der Waals surface area contributed by atoms with Crippen LogP contribution in [0, 0.1) is 5.82 Å². The fraction of sp³-hybridized carbons (Fsp3) is 0.375. The quantitative estimate of drug-likeness (QED) is 0.697. The van der Waals surface area contributed by atoms with Crippen LogP contribution in [-0.4, -0.2) is 11.5 Å². The molecular formula is C8H11FN2. The van der Waals surface area contributed by atoms with Crippen LogP contribution >= 0.6 is 0 Å². The standard InChI is InChI=1S/C8H11FN2/c1-6(4-10)8-3-2-7(9)5-11-8/h2-3,5-6H,4,10H2,1H3/t6-/m1/s1. The molecule has 1 atom stereocenters. The first-order chi connectivity index (χ1) is 5.24. The first kappa shape index (κ1) is 8.14. The van der Waals surface area contributed by atoms with Crippen molar-refractivity contribution < 1.29 is 4.39 Å². The molecule has 0 aliphatic rings. The number of hydrogen-bond donors (Lipinski definition) is 1. The molecule has 0 saturated carbocycles. The normalized spacial score (nSPS) is 13.0. The zero-order valence-corrected chi connectivity index (χ0v) is 6.42. The van der Waals surface area contributed by atoms with Crippen LogP contribution in [0.25, 0.3) is 0 Å². The third kappa shape index (κ3) is 1.98. The summed E-state index contributed by atoms with van der Waals surface area (Å²) in [6.07, 6.45) is 1.21. The van der Waals surface area contributed by atoms with Crippen molar-refractivity contribution in [3.05, 3.63) is 29.8 Å². The van der Waals surface area contributed by atoms with E-state index in [0.29, 0.717) is 6.54 Å². The minimum Gasteiger partial charge on any atom is -0.330 e. The van der Waals surface area contributed by atoms with E-state index in [4.69, 9.17) is 5.73 Å². The molecule has 3 heteroatoms. The maximum absolute atomic E-state index is 12.4. The molecule has 0 aliphatic heterocycles. The first-order valence-corrected chi connectivity index (χ1v) is 3.55. The Bertz CT molecular complexity index is 220. The van der Waals surface area contributed by atoms with Gasteiger partial charge in [-0.1, -0.05) is 6.92 Å². The maximum Gasteiger partial charge on any atom is 0.141 e. The van der Waals surface area contributed by atoms with Gasteiger partial charge in [-0.2, -0.15) is 0 Å². The molecule has 11 heavy (non-hydrogen) atoms. The Labute approximate surface area is 65.3 Å². The second-order valence-corrected chi connectivity index (χ2v) is 2.54. The highest BCUT2D eigenvalue weighted by molar-refractivity contribution is 5.09. The van der Waals surface area contributed by atoms with Crippen molar-refractivity contribution in [2.24, 2.45) is 5.73 Å². The van der Waals surface area contributed by atoms with Gasteiger partial charge in [0.1, 0.15) is 5.82 Å². The average Bonchev–Trinajstić information content (AvgIpc) is 2.05.